The zero-order chi connectivity index (χ0) is 27.3. The Morgan fingerprint density at radius 1 is 0.833 bits per heavy atom. The van der Waals surface area contributed by atoms with E-state index in [-0.39, 0.29) is 18.8 Å². The largest absolute Gasteiger partial charge is 0.481 e. The van der Waals surface area contributed by atoms with Crippen molar-refractivity contribution < 1.29 is 34.2 Å². The summed E-state index contributed by atoms with van der Waals surface area (Å²) in [5, 5.41) is 26.0. The first-order chi connectivity index (χ1) is 17.0. The maximum absolute atomic E-state index is 13.0. The number of benzene rings is 1. The summed E-state index contributed by atoms with van der Waals surface area (Å²) in [6.45, 7) is 3.74. The molecule has 12 heteroatoms. The standard InChI is InChI=1S/C24H37N5O7/c1-14(2)20(26)23(34)28-17(13-19(30)31)22(33)27-16(10-6-7-11-25)21(32)29-18(24(35)36)12-15-8-4-3-5-9-15/h3-5,8-9,14,16-18,20H,6-7,10-13,25-26H2,1-2H3,(H,27,33)(H,28,34)(H,29,32)(H,30,31)(H,35,36). The first-order valence-corrected chi connectivity index (χ1v) is 11.8. The quantitative estimate of drug-likeness (QED) is 0.141. The van der Waals surface area contributed by atoms with Gasteiger partial charge in [-0.1, -0.05) is 44.2 Å². The maximum atomic E-state index is 13.0. The predicted octanol–water partition coefficient (Wildman–Crippen LogP) is -0.645. The molecule has 36 heavy (non-hydrogen) atoms. The minimum atomic E-state index is -1.48. The molecule has 0 saturated carbocycles. The van der Waals surface area contributed by atoms with Crippen LogP contribution < -0.4 is 27.4 Å². The number of rotatable bonds is 16. The molecule has 1 aromatic rings. The molecule has 1 aromatic carbocycles. The van der Waals surface area contributed by atoms with Gasteiger partial charge in [0.1, 0.15) is 18.1 Å². The number of carbonyl (C=O) groups is 5. The normalized spacial score (nSPS) is 14.2. The Morgan fingerprint density at radius 2 is 1.39 bits per heavy atom. The molecule has 1 rings (SSSR count). The van der Waals surface area contributed by atoms with Gasteiger partial charge in [-0.05, 0) is 37.3 Å². The summed E-state index contributed by atoms with van der Waals surface area (Å²) in [5.41, 5.74) is 12.0. The van der Waals surface area contributed by atoms with E-state index < -0.39 is 60.2 Å². The van der Waals surface area contributed by atoms with E-state index in [1.165, 1.54) is 0 Å². The molecule has 4 atom stereocenters. The van der Waals surface area contributed by atoms with Crippen molar-refractivity contribution in [3.63, 3.8) is 0 Å². The zero-order valence-corrected chi connectivity index (χ0v) is 20.6. The van der Waals surface area contributed by atoms with Crippen molar-refractivity contribution in [3.8, 4) is 0 Å². The average molecular weight is 508 g/mol. The van der Waals surface area contributed by atoms with Crippen molar-refractivity contribution in [3.05, 3.63) is 35.9 Å². The number of aliphatic carboxylic acids is 2. The molecule has 0 aliphatic heterocycles. The highest BCUT2D eigenvalue weighted by Crippen LogP contribution is 2.08. The SMILES string of the molecule is CC(C)C(N)C(=O)NC(CC(=O)O)C(=O)NC(CCCCN)C(=O)NC(Cc1ccccc1)C(=O)O. The molecular weight excluding hydrogens is 470 g/mol. The Balaban J connectivity index is 3.02. The third kappa shape index (κ3) is 10.8. The minimum Gasteiger partial charge on any atom is -0.481 e. The summed E-state index contributed by atoms with van der Waals surface area (Å²) < 4.78 is 0. The molecule has 0 fully saturated rings. The molecule has 0 spiro atoms. The molecule has 12 nitrogen and oxygen atoms in total. The monoisotopic (exact) mass is 507 g/mol. The Bertz CT molecular complexity index is 894. The highest BCUT2D eigenvalue weighted by atomic mass is 16.4. The Hall–Kier alpha value is -3.51. The van der Waals surface area contributed by atoms with E-state index in [1.54, 1.807) is 44.2 Å². The fourth-order valence-corrected chi connectivity index (χ4v) is 3.31. The van der Waals surface area contributed by atoms with Crippen LogP contribution in [0.4, 0.5) is 0 Å². The maximum Gasteiger partial charge on any atom is 0.326 e. The van der Waals surface area contributed by atoms with E-state index in [1.807, 2.05) is 0 Å². The lowest BCUT2D eigenvalue weighted by atomic mass is 10.0. The van der Waals surface area contributed by atoms with Crippen molar-refractivity contribution in [1.29, 1.82) is 0 Å². The number of nitrogens with two attached hydrogens (primary N) is 2. The van der Waals surface area contributed by atoms with Crippen LogP contribution in [0.1, 0.15) is 45.1 Å². The second-order valence-corrected chi connectivity index (χ2v) is 8.86. The van der Waals surface area contributed by atoms with Gasteiger partial charge in [-0.25, -0.2) is 4.79 Å². The van der Waals surface area contributed by atoms with Gasteiger partial charge in [-0.15, -0.1) is 0 Å². The van der Waals surface area contributed by atoms with Gasteiger partial charge >= 0.3 is 11.9 Å². The summed E-state index contributed by atoms with van der Waals surface area (Å²) in [5.74, 6) is -5.20. The number of amides is 3. The van der Waals surface area contributed by atoms with E-state index in [4.69, 9.17) is 11.5 Å². The molecule has 0 heterocycles. The van der Waals surface area contributed by atoms with Gasteiger partial charge in [-0.2, -0.15) is 0 Å². The first kappa shape index (κ1) is 30.5. The van der Waals surface area contributed by atoms with Crippen LogP contribution in [0.5, 0.6) is 0 Å². The van der Waals surface area contributed by atoms with Crippen LogP contribution in [-0.4, -0.2) is 70.6 Å². The number of nitrogens with one attached hydrogen (secondary N) is 3. The Labute approximate surface area is 210 Å². The third-order valence-electron chi connectivity index (χ3n) is 5.51. The van der Waals surface area contributed by atoms with E-state index in [2.05, 4.69) is 16.0 Å². The number of hydrogen-bond donors (Lipinski definition) is 7. The predicted molar refractivity (Wildman–Crippen MR) is 132 cm³/mol. The first-order valence-electron chi connectivity index (χ1n) is 11.8. The van der Waals surface area contributed by atoms with Crippen molar-refractivity contribution >= 4 is 29.7 Å². The van der Waals surface area contributed by atoms with E-state index in [0.29, 0.717) is 24.9 Å². The topological polar surface area (TPSA) is 214 Å². The molecule has 0 bridgehead atoms. The minimum absolute atomic E-state index is 0.0240. The fourth-order valence-electron chi connectivity index (χ4n) is 3.31. The van der Waals surface area contributed by atoms with Crippen LogP contribution in [0.25, 0.3) is 0 Å². The third-order valence-corrected chi connectivity index (χ3v) is 5.51. The summed E-state index contributed by atoms with van der Waals surface area (Å²) in [6.07, 6.45) is 0.414. The molecule has 3 amide bonds. The van der Waals surface area contributed by atoms with Crippen molar-refractivity contribution in [1.82, 2.24) is 16.0 Å². The van der Waals surface area contributed by atoms with Gasteiger partial charge < -0.3 is 37.6 Å². The molecule has 0 aliphatic carbocycles. The Morgan fingerprint density at radius 3 is 1.92 bits per heavy atom. The number of hydrogen-bond acceptors (Lipinski definition) is 7. The van der Waals surface area contributed by atoms with Gasteiger partial charge in [0, 0.05) is 6.42 Å². The molecule has 0 aromatic heterocycles. The second kappa shape index (κ2) is 15.5. The lowest BCUT2D eigenvalue weighted by Crippen LogP contribution is -2.58. The smallest absolute Gasteiger partial charge is 0.326 e. The molecule has 9 N–H and O–H groups in total. The van der Waals surface area contributed by atoms with Gasteiger partial charge in [0.15, 0.2) is 0 Å². The number of carbonyl (C=O) groups excluding carboxylic acids is 3. The Kier molecular flexibility index (Phi) is 13.1. The lowest BCUT2D eigenvalue weighted by molar-refractivity contribution is -0.143. The van der Waals surface area contributed by atoms with E-state index in [0.717, 1.165) is 0 Å². The number of carboxylic acids is 2. The van der Waals surface area contributed by atoms with E-state index >= 15 is 0 Å². The van der Waals surface area contributed by atoms with Crippen LogP contribution >= 0.6 is 0 Å². The summed E-state index contributed by atoms with van der Waals surface area (Å²) in [4.78, 5) is 61.3. The molecule has 0 radical (unpaired) electrons. The zero-order valence-electron chi connectivity index (χ0n) is 20.6. The summed E-state index contributed by atoms with van der Waals surface area (Å²) in [6, 6.07) is 3.84. The summed E-state index contributed by atoms with van der Waals surface area (Å²) in [7, 11) is 0. The fraction of sp³-hybridized carbons (Fsp3) is 0.542. The van der Waals surface area contributed by atoms with Gasteiger partial charge in [0.25, 0.3) is 0 Å². The van der Waals surface area contributed by atoms with E-state index in [9.17, 15) is 34.2 Å². The molecule has 0 aliphatic rings. The van der Waals surface area contributed by atoms with Crippen LogP contribution in [0.2, 0.25) is 0 Å². The van der Waals surface area contributed by atoms with Gasteiger partial charge in [0.05, 0.1) is 12.5 Å². The number of unbranched alkanes of at least 4 members (excludes halogenated alkanes) is 1. The average Bonchev–Trinajstić information content (AvgIpc) is 2.82. The van der Waals surface area contributed by atoms with Crippen molar-refractivity contribution in [2.45, 2.75) is 70.1 Å². The van der Waals surface area contributed by atoms with Crippen LogP contribution in [0.15, 0.2) is 30.3 Å². The van der Waals surface area contributed by atoms with Crippen LogP contribution in [0.3, 0.4) is 0 Å². The highest BCUT2D eigenvalue weighted by molar-refractivity contribution is 5.95. The molecular formula is C24H37N5O7. The summed E-state index contributed by atoms with van der Waals surface area (Å²) >= 11 is 0. The van der Waals surface area contributed by atoms with Crippen LogP contribution in [0, 0.1) is 5.92 Å². The van der Waals surface area contributed by atoms with Crippen molar-refractivity contribution in [2.24, 2.45) is 17.4 Å². The molecule has 4 unspecified atom stereocenters. The van der Waals surface area contributed by atoms with Crippen molar-refractivity contribution in [2.75, 3.05) is 6.54 Å². The van der Waals surface area contributed by atoms with Gasteiger partial charge in [0.2, 0.25) is 17.7 Å². The second-order valence-electron chi connectivity index (χ2n) is 8.86. The van der Waals surface area contributed by atoms with Crippen LogP contribution in [-0.2, 0) is 30.4 Å². The lowest BCUT2D eigenvalue weighted by Gasteiger charge is -2.25. The number of carboxylic acid groups (broad SMARTS) is 2. The highest BCUT2D eigenvalue weighted by Gasteiger charge is 2.31. The molecule has 0 saturated heterocycles. The van der Waals surface area contributed by atoms with Gasteiger partial charge in [-0.3, -0.25) is 19.2 Å². The molecule has 200 valence electrons.